The van der Waals surface area contributed by atoms with Crippen LogP contribution in [0.5, 0.6) is 0 Å². The van der Waals surface area contributed by atoms with Gasteiger partial charge < -0.3 is 4.57 Å². The molecule has 0 saturated carbocycles. The number of aryl methyl sites for hydroxylation is 1. The zero-order valence-electron chi connectivity index (χ0n) is 22.4. The molecule has 2 heteroatoms. The van der Waals surface area contributed by atoms with Crippen LogP contribution in [-0.4, -0.2) is 9.55 Å². The van der Waals surface area contributed by atoms with Gasteiger partial charge in [-0.15, -0.1) is 0 Å². The van der Waals surface area contributed by atoms with Crippen molar-refractivity contribution in [3.63, 3.8) is 0 Å². The Morgan fingerprint density at radius 3 is 1.85 bits per heavy atom. The summed E-state index contributed by atoms with van der Waals surface area (Å²) in [6.45, 7) is 0. The van der Waals surface area contributed by atoms with Crippen LogP contribution in [0.3, 0.4) is 0 Å². The molecule has 0 radical (unpaired) electrons. The Balaban J connectivity index is 1.40. The average Bonchev–Trinajstić information content (AvgIpc) is 3.35. The Hall–Kier alpha value is -4.95. The summed E-state index contributed by atoms with van der Waals surface area (Å²) in [6.07, 6.45) is 8.93. The SMILES string of the molecule is Cn1c(C2=CCCC=C2)nc2cc(-c3c4ccccc4c(-c4ccc5ccccc5c4)c4ccccc34)ccc21. The second-order valence-corrected chi connectivity index (χ2v) is 10.7. The van der Waals surface area contributed by atoms with Gasteiger partial charge in [0.2, 0.25) is 0 Å². The lowest BCUT2D eigenvalue weighted by Gasteiger charge is -2.18. The van der Waals surface area contributed by atoms with Crippen LogP contribution in [0, 0.1) is 0 Å². The van der Waals surface area contributed by atoms with E-state index in [0.717, 1.165) is 29.7 Å². The summed E-state index contributed by atoms with van der Waals surface area (Å²) in [4.78, 5) is 5.12. The molecule has 0 atom stereocenters. The summed E-state index contributed by atoms with van der Waals surface area (Å²) < 4.78 is 2.22. The van der Waals surface area contributed by atoms with E-state index in [2.05, 4.69) is 139 Å². The Bertz CT molecular complexity index is 2120. The molecule has 40 heavy (non-hydrogen) atoms. The van der Waals surface area contributed by atoms with E-state index in [1.165, 1.54) is 60.1 Å². The summed E-state index contributed by atoms with van der Waals surface area (Å²) in [5.41, 5.74) is 8.39. The van der Waals surface area contributed by atoms with Crippen molar-refractivity contribution in [3.8, 4) is 22.3 Å². The van der Waals surface area contributed by atoms with E-state index in [1.807, 2.05) is 0 Å². The predicted molar refractivity (Wildman–Crippen MR) is 170 cm³/mol. The maximum atomic E-state index is 5.12. The molecule has 6 aromatic carbocycles. The molecule has 0 amide bonds. The molecule has 1 aliphatic rings. The Labute approximate surface area is 233 Å². The van der Waals surface area contributed by atoms with Gasteiger partial charge in [0, 0.05) is 12.6 Å². The highest BCUT2D eigenvalue weighted by atomic mass is 15.1. The van der Waals surface area contributed by atoms with Gasteiger partial charge in [-0.1, -0.05) is 109 Å². The van der Waals surface area contributed by atoms with E-state index in [1.54, 1.807) is 0 Å². The summed E-state index contributed by atoms with van der Waals surface area (Å²) in [5.74, 6) is 1.03. The number of nitrogens with zero attached hydrogens (tertiary/aromatic N) is 2. The minimum absolute atomic E-state index is 1.03. The van der Waals surface area contributed by atoms with E-state index in [4.69, 9.17) is 4.98 Å². The standard InChI is InChI=1S/C38H28N2/c1-40-35-22-21-29(24-34(35)39-38(40)26-12-3-2-4-13-26)37-32-17-9-7-15-30(32)36(31-16-8-10-18-33(31)37)28-20-19-25-11-5-6-14-27(25)23-28/h3,5-24H,2,4H2,1H3. The van der Waals surface area contributed by atoms with Gasteiger partial charge in [0.1, 0.15) is 5.82 Å². The quantitative estimate of drug-likeness (QED) is 0.215. The van der Waals surface area contributed by atoms with Crippen molar-refractivity contribution in [2.45, 2.75) is 12.8 Å². The molecular formula is C38H28N2. The van der Waals surface area contributed by atoms with Gasteiger partial charge in [0.05, 0.1) is 11.0 Å². The highest BCUT2D eigenvalue weighted by molar-refractivity contribution is 6.22. The molecule has 190 valence electrons. The van der Waals surface area contributed by atoms with Crippen LogP contribution in [-0.2, 0) is 7.05 Å². The normalized spacial score (nSPS) is 13.5. The van der Waals surface area contributed by atoms with Crippen LogP contribution < -0.4 is 0 Å². The number of imidazole rings is 1. The molecule has 0 unspecified atom stereocenters. The second-order valence-electron chi connectivity index (χ2n) is 10.7. The fourth-order valence-corrected chi connectivity index (χ4v) is 6.49. The highest BCUT2D eigenvalue weighted by Crippen LogP contribution is 2.44. The van der Waals surface area contributed by atoms with Crippen LogP contribution in [0.15, 0.2) is 127 Å². The number of benzene rings is 6. The minimum Gasteiger partial charge on any atom is -0.327 e. The summed E-state index contributed by atoms with van der Waals surface area (Å²) in [6, 6.07) is 39.9. The third-order valence-corrected chi connectivity index (χ3v) is 8.39. The minimum atomic E-state index is 1.03. The maximum absolute atomic E-state index is 5.12. The Morgan fingerprint density at radius 2 is 1.20 bits per heavy atom. The topological polar surface area (TPSA) is 17.8 Å². The van der Waals surface area contributed by atoms with Crippen LogP contribution >= 0.6 is 0 Å². The first-order valence-corrected chi connectivity index (χ1v) is 14.0. The molecule has 1 aliphatic carbocycles. The highest BCUT2D eigenvalue weighted by Gasteiger charge is 2.18. The number of allylic oxidation sites excluding steroid dienone is 4. The molecular weight excluding hydrogens is 484 g/mol. The van der Waals surface area contributed by atoms with Gasteiger partial charge in [-0.2, -0.15) is 0 Å². The second kappa shape index (κ2) is 9.07. The third kappa shape index (κ3) is 3.53. The first-order chi connectivity index (χ1) is 19.8. The summed E-state index contributed by atoms with van der Waals surface area (Å²) in [5, 5.41) is 7.59. The van der Waals surface area contributed by atoms with E-state index in [-0.39, 0.29) is 0 Å². The van der Waals surface area contributed by atoms with Gasteiger partial charge in [-0.25, -0.2) is 4.98 Å². The zero-order chi connectivity index (χ0) is 26.6. The summed E-state index contributed by atoms with van der Waals surface area (Å²) >= 11 is 0. The van der Waals surface area contributed by atoms with Gasteiger partial charge in [0.15, 0.2) is 0 Å². The molecule has 1 aromatic heterocycles. The van der Waals surface area contributed by atoms with E-state index < -0.39 is 0 Å². The first kappa shape index (κ1) is 23.0. The molecule has 8 rings (SSSR count). The molecule has 0 saturated heterocycles. The molecule has 7 aromatic rings. The lowest BCUT2D eigenvalue weighted by Crippen LogP contribution is -1.97. The monoisotopic (exact) mass is 512 g/mol. The largest absolute Gasteiger partial charge is 0.327 e. The third-order valence-electron chi connectivity index (χ3n) is 8.39. The molecule has 0 fully saturated rings. The molecule has 0 spiro atoms. The van der Waals surface area contributed by atoms with Crippen LogP contribution in [0.4, 0.5) is 0 Å². The summed E-state index contributed by atoms with van der Waals surface area (Å²) in [7, 11) is 2.12. The fourth-order valence-electron chi connectivity index (χ4n) is 6.49. The van der Waals surface area contributed by atoms with Crippen molar-refractivity contribution in [2.75, 3.05) is 0 Å². The van der Waals surface area contributed by atoms with Gasteiger partial charge >= 0.3 is 0 Å². The Kier molecular flexibility index (Phi) is 5.21. The zero-order valence-corrected chi connectivity index (χ0v) is 22.4. The lowest BCUT2D eigenvalue weighted by molar-refractivity contribution is 0.917. The van der Waals surface area contributed by atoms with Crippen molar-refractivity contribution in [1.29, 1.82) is 0 Å². The molecule has 0 N–H and O–H groups in total. The van der Waals surface area contributed by atoms with E-state index in [0.29, 0.717) is 0 Å². The van der Waals surface area contributed by atoms with Gasteiger partial charge in [-0.05, 0) is 85.6 Å². The first-order valence-electron chi connectivity index (χ1n) is 14.0. The van der Waals surface area contributed by atoms with Gasteiger partial charge in [0.25, 0.3) is 0 Å². The maximum Gasteiger partial charge on any atom is 0.140 e. The van der Waals surface area contributed by atoms with Crippen LogP contribution in [0.1, 0.15) is 18.7 Å². The van der Waals surface area contributed by atoms with Crippen molar-refractivity contribution < 1.29 is 0 Å². The number of aromatic nitrogens is 2. The fraction of sp³-hybridized carbons (Fsp3) is 0.0789. The number of rotatable bonds is 3. The Morgan fingerprint density at radius 1 is 0.600 bits per heavy atom. The number of fused-ring (bicyclic) bond motifs is 4. The molecule has 0 aliphatic heterocycles. The van der Waals surface area contributed by atoms with Crippen LogP contribution in [0.25, 0.3) is 71.2 Å². The number of hydrogen-bond acceptors (Lipinski definition) is 1. The average molecular weight is 513 g/mol. The molecule has 0 bridgehead atoms. The lowest BCUT2D eigenvalue weighted by atomic mass is 9.85. The molecule has 1 heterocycles. The predicted octanol–water partition coefficient (Wildman–Crippen LogP) is 10.1. The van der Waals surface area contributed by atoms with Crippen molar-refractivity contribution in [3.05, 3.63) is 133 Å². The van der Waals surface area contributed by atoms with Crippen LogP contribution in [0.2, 0.25) is 0 Å². The smallest absolute Gasteiger partial charge is 0.140 e. The van der Waals surface area contributed by atoms with Crippen molar-refractivity contribution in [2.24, 2.45) is 7.05 Å². The van der Waals surface area contributed by atoms with E-state index >= 15 is 0 Å². The van der Waals surface area contributed by atoms with E-state index in [9.17, 15) is 0 Å². The molecule has 2 nitrogen and oxygen atoms in total. The van der Waals surface area contributed by atoms with Crippen molar-refractivity contribution in [1.82, 2.24) is 9.55 Å². The van der Waals surface area contributed by atoms with Crippen molar-refractivity contribution >= 4 is 48.9 Å². The number of hydrogen-bond donors (Lipinski definition) is 0. The van der Waals surface area contributed by atoms with Gasteiger partial charge in [-0.3, -0.25) is 0 Å².